The van der Waals surface area contributed by atoms with Crippen molar-refractivity contribution >= 4 is 11.7 Å². The van der Waals surface area contributed by atoms with E-state index in [1.54, 1.807) is 6.92 Å². The van der Waals surface area contributed by atoms with Crippen molar-refractivity contribution in [2.75, 3.05) is 0 Å². The first-order chi connectivity index (χ1) is 7.13. The molecule has 1 aromatic carbocycles. The second-order valence-electron chi connectivity index (χ2n) is 3.13. The second kappa shape index (κ2) is 5.11. The summed E-state index contributed by atoms with van der Waals surface area (Å²) in [4.78, 5) is 0. The van der Waals surface area contributed by atoms with E-state index >= 15 is 0 Å². The topological polar surface area (TPSA) is 103 Å². The van der Waals surface area contributed by atoms with Gasteiger partial charge in [-0.15, -0.1) is 10.2 Å². The number of benzene rings is 1. The minimum Gasteiger partial charge on any atom is -0.386 e. The van der Waals surface area contributed by atoms with E-state index in [1.807, 2.05) is 24.3 Å². The minimum atomic E-state index is 0.336. The van der Waals surface area contributed by atoms with Crippen molar-refractivity contribution in [2.45, 2.75) is 13.5 Å². The predicted octanol–water partition coefficient (Wildman–Crippen LogP) is 0.143. The Bertz CT molecular complexity index is 373. The molecular weight excluding hydrogens is 190 g/mol. The number of hydrogen-bond acceptors (Lipinski definition) is 3. The third-order valence-electron chi connectivity index (χ3n) is 1.80. The molecule has 0 aliphatic rings. The summed E-state index contributed by atoms with van der Waals surface area (Å²) in [6, 6.07) is 7.50. The maximum Gasteiger partial charge on any atom is 0.153 e. The number of nitrogens with zero attached hydrogens (tertiary/aromatic N) is 2. The van der Waals surface area contributed by atoms with Crippen LogP contribution in [0.25, 0.3) is 0 Å². The van der Waals surface area contributed by atoms with Crippen molar-refractivity contribution < 1.29 is 0 Å². The molecule has 0 aliphatic carbocycles. The summed E-state index contributed by atoms with van der Waals surface area (Å²) in [5, 5.41) is 7.45. The van der Waals surface area contributed by atoms with Gasteiger partial charge in [0.05, 0.1) is 0 Å². The second-order valence-corrected chi connectivity index (χ2v) is 3.13. The molecule has 5 nitrogen and oxygen atoms in total. The van der Waals surface area contributed by atoms with Crippen LogP contribution in [0.5, 0.6) is 0 Å². The van der Waals surface area contributed by atoms with Gasteiger partial charge in [-0.3, -0.25) is 0 Å². The van der Waals surface area contributed by atoms with Crippen LogP contribution >= 0.6 is 0 Å². The van der Waals surface area contributed by atoms with E-state index < -0.39 is 0 Å². The molecule has 0 amide bonds. The highest BCUT2D eigenvalue weighted by molar-refractivity contribution is 5.97. The lowest BCUT2D eigenvalue weighted by atomic mass is 10.1. The molecule has 0 saturated heterocycles. The molecule has 80 valence electrons. The van der Waals surface area contributed by atoms with Crippen LogP contribution in [0, 0.1) is 0 Å². The predicted molar refractivity (Wildman–Crippen MR) is 62.4 cm³/mol. The van der Waals surface area contributed by atoms with E-state index in [0.717, 1.165) is 11.1 Å². The summed E-state index contributed by atoms with van der Waals surface area (Å²) >= 11 is 0. The van der Waals surface area contributed by atoms with Crippen LogP contribution in [0.15, 0.2) is 34.5 Å². The smallest absolute Gasteiger partial charge is 0.153 e. The standard InChI is InChI=1S/C10H15N5/c1-7(12)14-15-10(13)9-4-2-8(6-11)3-5-9/h2-5H,6,11H2,1H3,(H2,12,14)(H2,13,15). The van der Waals surface area contributed by atoms with E-state index in [2.05, 4.69) is 10.2 Å². The summed E-state index contributed by atoms with van der Waals surface area (Å²) < 4.78 is 0. The highest BCUT2D eigenvalue weighted by atomic mass is 15.2. The van der Waals surface area contributed by atoms with Crippen LogP contribution in [0.3, 0.4) is 0 Å². The van der Waals surface area contributed by atoms with Gasteiger partial charge in [-0.05, 0) is 12.5 Å². The van der Waals surface area contributed by atoms with Crippen LogP contribution in [0.2, 0.25) is 0 Å². The molecule has 15 heavy (non-hydrogen) atoms. The molecule has 1 aromatic rings. The molecule has 6 N–H and O–H groups in total. The van der Waals surface area contributed by atoms with Gasteiger partial charge in [-0.25, -0.2) is 0 Å². The Labute approximate surface area is 88.7 Å². The maximum absolute atomic E-state index is 5.69. The van der Waals surface area contributed by atoms with Gasteiger partial charge >= 0.3 is 0 Å². The number of hydrogen-bond donors (Lipinski definition) is 3. The molecule has 0 aliphatic heterocycles. The monoisotopic (exact) mass is 205 g/mol. The highest BCUT2D eigenvalue weighted by Gasteiger charge is 1.97. The first-order valence-corrected chi connectivity index (χ1v) is 4.56. The van der Waals surface area contributed by atoms with Crippen LogP contribution < -0.4 is 17.2 Å². The fraction of sp³-hybridized carbons (Fsp3) is 0.200. The molecule has 0 saturated carbocycles. The van der Waals surface area contributed by atoms with Gasteiger partial charge in [0.1, 0.15) is 5.84 Å². The lowest BCUT2D eigenvalue weighted by molar-refractivity contribution is 1.07. The Hall–Kier alpha value is -1.88. The SMILES string of the molecule is C/C(N)=N/N=C(\N)c1ccc(CN)cc1. The third-order valence-corrected chi connectivity index (χ3v) is 1.80. The van der Waals surface area contributed by atoms with Gasteiger partial charge in [-0.2, -0.15) is 0 Å². The average Bonchev–Trinajstić information content (AvgIpc) is 2.26. The number of amidine groups is 2. The fourth-order valence-electron chi connectivity index (χ4n) is 1.00. The highest BCUT2D eigenvalue weighted by Crippen LogP contribution is 2.03. The van der Waals surface area contributed by atoms with Gasteiger partial charge in [0.2, 0.25) is 0 Å². The Morgan fingerprint density at radius 3 is 2.20 bits per heavy atom. The average molecular weight is 205 g/mol. The molecule has 0 spiro atoms. The maximum atomic E-state index is 5.69. The van der Waals surface area contributed by atoms with E-state index in [-0.39, 0.29) is 0 Å². The normalized spacial score (nSPS) is 12.9. The van der Waals surface area contributed by atoms with Crippen molar-refractivity contribution in [3.8, 4) is 0 Å². The molecule has 0 heterocycles. The molecule has 0 fully saturated rings. The number of rotatable bonds is 3. The lowest BCUT2D eigenvalue weighted by Crippen LogP contribution is -2.14. The Balaban J connectivity index is 2.87. The molecule has 1 rings (SSSR count). The fourth-order valence-corrected chi connectivity index (χ4v) is 1.00. The summed E-state index contributed by atoms with van der Waals surface area (Å²) in [6.07, 6.45) is 0. The zero-order chi connectivity index (χ0) is 11.3. The Morgan fingerprint density at radius 2 is 1.73 bits per heavy atom. The first-order valence-electron chi connectivity index (χ1n) is 4.56. The van der Waals surface area contributed by atoms with Gasteiger partial charge in [0.15, 0.2) is 5.84 Å². The lowest BCUT2D eigenvalue weighted by Gasteiger charge is -2.00. The van der Waals surface area contributed by atoms with Gasteiger partial charge in [0, 0.05) is 12.1 Å². The quantitative estimate of drug-likeness (QED) is 0.371. The van der Waals surface area contributed by atoms with Crippen LogP contribution in [0.1, 0.15) is 18.1 Å². The molecular formula is C10H15N5. The number of nitrogens with two attached hydrogens (primary N) is 3. The first kappa shape index (κ1) is 11.2. The van der Waals surface area contributed by atoms with Gasteiger partial charge < -0.3 is 17.2 Å². The molecule has 0 unspecified atom stereocenters. The van der Waals surface area contributed by atoms with Crippen LogP contribution in [-0.2, 0) is 6.54 Å². The molecule has 5 heteroatoms. The summed E-state index contributed by atoms with van der Waals surface area (Å²) in [6.45, 7) is 2.16. The van der Waals surface area contributed by atoms with Crippen LogP contribution in [-0.4, -0.2) is 11.7 Å². The van der Waals surface area contributed by atoms with Crippen molar-refractivity contribution in [1.29, 1.82) is 0 Å². The van der Waals surface area contributed by atoms with Gasteiger partial charge in [-0.1, -0.05) is 24.3 Å². The van der Waals surface area contributed by atoms with E-state index in [0.29, 0.717) is 18.2 Å². The van der Waals surface area contributed by atoms with Crippen molar-refractivity contribution in [1.82, 2.24) is 0 Å². The van der Waals surface area contributed by atoms with Crippen molar-refractivity contribution in [3.63, 3.8) is 0 Å². The van der Waals surface area contributed by atoms with E-state index in [9.17, 15) is 0 Å². The zero-order valence-electron chi connectivity index (χ0n) is 8.64. The summed E-state index contributed by atoms with van der Waals surface area (Å²) in [5.74, 6) is 0.708. The summed E-state index contributed by atoms with van der Waals surface area (Å²) in [5.41, 5.74) is 18.4. The zero-order valence-corrected chi connectivity index (χ0v) is 8.64. The Morgan fingerprint density at radius 1 is 1.13 bits per heavy atom. The van der Waals surface area contributed by atoms with Gasteiger partial charge in [0.25, 0.3) is 0 Å². The van der Waals surface area contributed by atoms with E-state index in [4.69, 9.17) is 17.2 Å². The third kappa shape index (κ3) is 3.40. The molecule has 0 radical (unpaired) electrons. The summed E-state index contributed by atoms with van der Waals surface area (Å²) in [7, 11) is 0. The Kier molecular flexibility index (Phi) is 3.82. The van der Waals surface area contributed by atoms with Crippen molar-refractivity contribution in [2.24, 2.45) is 27.4 Å². The van der Waals surface area contributed by atoms with E-state index in [1.165, 1.54) is 0 Å². The van der Waals surface area contributed by atoms with Crippen molar-refractivity contribution in [3.05, 3.63) is 35.4 Å². The molecule has 0 aromatic heterocycles. The molecule has 0 atom stereocenters. The molecule has 0 bridgehead atoms. The minimum absolute atomic E-state index is 0.336. The van der Waals surface area contributed by atoms with Crippen LogP contribution in [0.4, 0.5) is 0 Å². The largest absolute Gasteiger partial charge is 0.386 e.